The van der Waals surface area contributed by atoms with Crippen molar-refractivity contribution in [3.05, 3.63) is 22.3 Å². The Labute approximate surface area is 80.5 Å². The Bertz CT molecular complexity index is 288. The van der Waals surface area contributed by atoms with Gasteiger partial charge in [-0.3, -0.25) is 4.79 Å². The fraction of sp³-hybridized carbons (Fsp3) is 0.583. The standard InChI is InChI=1S/C12H18O/c1-8(2)12(10(4)13)11-7-5-6-9(11)3/h5-7H2,1-4H3. The van der Waals surface area contributed by atoms with E-state index in [0.29, 0.717) is 0 Å². The normalized spacial score (nSPS) is 16.3. The molecule has 0 atom stereocenters. The maximum Gasteiger partial charge on any atom is 0.160 e. The second-order valence-corrected chi connectivity index (χ2v) is 4.04. The highest BCUT2D eigenvalue weighted by molar-refractivity contribution is 5.98. The van der Waals surface area contributed by atoms with Gasteiger partial charge in [-0.05, 0) is 52.5 Å². The summed E-state index contributed by atoms with van der Waals surface area (Å²) in [6.45, 7) is 7.86. The van der Waals surface area contributed by atoms with E-state index in [2.05, 4.69) is 6.92 Å². The minimum Gasteiger partial charge on any atom is -0.295 e. The first-order valence-corrected chi connectivity index (χ1v) is 4.91. The number of allylic oxidation sites excluding steroid dienone is 4. The van der Waals surface area contributed by atoms with Crippen molar-refractivity contribution in [1.82, 2.24) is 0 Å². The highest BCUT2D eigenvalue weighted by atomic mass is 16.1. The Morgan fingerprint density at radius 3 is 2.08 bits per heavy atom. The summed E-state index contributed by atoms with van der Waals surface area (Å²) in [4.78, 5) is 11.4. The van der Waals surface area contributed by atoms with Crippen molar-refractivity contribution in [2.75, 3.05) is 0 Å². The summed E-state index contributed by atoms with van der Waals surface area (Å²) in [5.41, 5.74) is 4.86. The molecule has 1 aliphatic rings. The summed E-state index contributed by atoms with van der Waals surface area (Å²) < 4.78 is 0. The topological polar surface area (TPSA) is 17.1 Å². The Kier molecular flexibility index (Phi) is 3.07. The Morgan fingerprint density at radius 2 is 1.77 bits per heavy atom. The average molecular weight is 178 g/mol. The van der Waals surface area contributed by atoms with Gasteiger partial charge < -0.3 is 0 Å². The molecule has 0 amide bonds. The molecular formula is C12H18O. The fourth-order valence-electron chi connectivity index (χ4n) is 2.10. The van der Waals surface area contributed by atoms with Gasteiger partial charge >= 0.3 is 0 Å². The molecule has 0 saturated heterocycles. The molecule has 0 heterocycles. The van der Waals surface area contributed by atoms with Crippen molar-refractivity contribution >= 4 is 5.78 Å². The first-order chi connectivity index (χ1) is 6.04. The Balaban J connectivity index is 3.10. The van der Waals surface area contributed by atoms with E-state index in [0.717, 1.165) is 17.6 Å². The second-order valence-electron chi connectivity index (χ2n) is 4.04. The molecule has 0 N–H and O–H groups in total. The molecule has 0 radical (unpaired) electrons. The van der Waals surface area contributed by atoms with E-state index in [1.807, 2.05) is 13.8 Å². The molecule has 1 nitrogen and oxygen atoms in total. The minimum absolute atomic E-state index is 0.219. The van der Waals surface area contributed by atoms with Gasteiger partial charge in [-0.1, -0.05) is 11.1 Å². The predicted octanol–water partition coefficient (Wildman–Crippen LogP) is 3.41. The van der Waals surface area contributed by atoms with Crippen molar-refractivity contribution in [1.29, 1.82) is 0 Å². The van der Waals surface area contributed by atoms with Crippen LogP contribution in [0.5, 0.6) is 0 Å². The van der Waals surface area contributed by atoms with Crippen LogP contribution in [-0.2, 0) is 4.79 Å². The largest absolute Gasteiger partial charge is 0.295 e. The molecule has 0 aromatic carbocycles. The molecule has 1 aliphatic carbocycles. The van der Waals surface area contributed by atoms with Crippen LogP contribution >= 0.6 is 0 Å². The first kappa shape index (κ1) is 10.2. The number of carbonyl (C=O) groups is 1. The predicted molar refractivity (Wildman–Crippen MR) is 55.6 cm³/mol. The van der Waals surface area contributed by atoms with Gasteiger partial charge in [-0.15, -0.1) is 0 Å². The Hall–Kier alpha value is -0.850. The van der Waals surface area contributed by atoms with Crippen LogP contribution in [0.2, 0.25) is 0 Å². The zero-order chi connectivity index (χ0) is 10.0. The fourth-order valence-corrected chi connectivity index (χ4v) is 2.10. The molecular weight excluding hydrogens is 160 g/mol. The van der Waals surface area contributed by atoms with Crippen LogP contribution in [0.1, 0.15) is 47.0 Å². The third-order valence-corrected chi connectivity index (χ3v) is 2.65. The summed E-state index contributed by atoms with van der Waals surface area (Å²) in [6.07, 6.45) is 3.47. The van der Waals surface area contributed by atoms with Gasteiger partial charge in [0.05, 0.1) is 0 Å². The lowest BCUT2D eigenvalue weighted by Crippen LogP contribution is -2.02. The van der Waals surface area contributed by atoms with Gasteiger partial charge in [0.25, 0.3) is 0 Å². The highest BCUT2D eigenvalue weighted by Crippen LogP contribution is 2.32. The molecule has 0 spiro atoms. The van der Waals surface area contributed by atoms with Gasteiger partial charge in [0, 0.05) is 5.57 Å². The quantitative estimate of drug-likeness (QED) is 0.592. The van der Waals surface area contributed by atoms with Crippen molar-refractivity contribution in [2.24, 2.45) is 0 Å². The summed E-state index contributed by atoms with van der Waals surface area (Å²) in [5.74, 6) is 0.219. The highest BCUT2D eigenvalue weighted by Gasteiger charge is 2.18. The second kappa shape index (κ2) is 3.91. The molecule has 1 rings (SSSR count). The van der Waals surface area contributed by atoms with Crippen LogP contribution in [0.3, 0.4) is 0 Å². The van der Waals surface area contributed by atoms with Crippen LogP contribution in [0.4, 0.5) is 0 Å². The van der Waals surface area contributed by atoms with Crippen molar-refractivity contribution in [3.63, 3.8) is 0 Å². The van der Waals surface area contributed by atoms with Crippen LogP contribution < -0.4 is 0 Å². The van der Waals surface area contributed by atoms with E-state index in [4.69, 9.17) is 0 Å². The first-order valence-electron chi connectivity index (χ1n) is 4.91. The van der Waals surface area contributed by atoms with E-state index >= 15 is 0 Å². The third kappa shape index (κ3) is 2.09. The Morgan fingerprint density at radius 1 is 1.15 bits per heavy atom. The number of hydrogen-bond acceptors (Lipinski definition) is 1. The molecule has 1 heteroatoms. The molecule has 0 unspecified atom stereocenters. The smallest absolute Gasteiger partial charge is 0.160 e. The number of carbonyl (C=O) groups excluding carboxylic acids is 1. The number of Topliss-reactive ketones (excluding diaryl/α,β-unsaturated/α-hetero) is 1. The number of rotatable bonds is 2. The molecule has 0 fully saturated rings. The van der Waals surface area contributed by atoms with E-state index in [-0.39, 0.29) is 5.78 Å². The van der Waals surface area contributed by atoms with Gasteiger partial charge in [-0.2, -0.15) is 0 Å². The van der Waals surface area contributed by atoms with E-state index in [9.17, 15) is 4.79 Å². The monoisotopic (exact) mass is 178 g/mol. The van der Waals surface area contributed by atoms with E-state index < -0.39 is 0 Å². The SMILES string of the molecule is CC(=O)C(=C(C)C)C1=C(C)CCC1. The summed E-state index contributed by atoms with van der Waals surface area (Å²) in [7, 11) is 0. The van der Waals surface area contributed by atoms with Gasteiger partial charge in [0.2, 0.25) is 0 Å². The van der Waals surface area contributed by atoms with Crippen LogP contribution in [0, 0.1) is 0 Å². The molecule has 0 aromatic rings. The van der Waals surface area contributed by atoms with E-state index in [1.54, 1.807) is 6.92 Å². The van der Waals surface area contributed by atoms with Crippen molar-refractivity contribution in [3.8, 4) is 0 Å². The lowest BCUT2D eigenvalue weighted by atomic mass is 9.95. The van der Waals surface area contributed by atoms with Crippen molar-refractivity contribution < 1.29 is 4.79 Å². The van der Waals surface area contributed by atoms with Gasteiger partial charge in [0.15, 0.2) is 5.78 Å². The minimum atomic E-state index is 0.219. The third-order valence-electron chi connectivity index (χ3n) is 2.65. The van der Waals surface area contributed by atoms with Gasteiger partial charge in [-0.25, -0.2) is 0 Å². The number of ketones is 1. The molecule has 72 valence electrons. The van der Waals surface area contributed by atoms with Crippen LogP contribution in [0.25, 0.3) is 0 Å². The lowest BCUT2D eigenvalue weighted by Gasteiger charge is -2.08. The summed E-state index contributed by atoms with van der Waals surface area (Å²) >= 11 is 0. The summed E-state index contributed by atoms with van der Waals surface area (Å²) in [6, 6.07) is 0. The molecule has 0 saturated carbocycles. The molecule has 13 heavy (non-hydrogen) atoms. The average Bonchev–Trinajstić information content (AvgIpc) is 2.35. The zero-order valence-electron chi connectivity index (χ0n) is 9.03. The summed E-state index contributed by atoms with van der Waals surface area (Å²) in [5, 5.41) is 0. The van der Waals surface area contributed by atoms with Gasteiger partial charge in [0.1, 0.15) is 0 Å². The maximum atomic E-state index is 11.4. The maximum absolute atomic E-state index is 11.4. The van der Waals surface area contributed by atoms with Crippen LogP contribution in [0.15, 0.2) is 22.3 Å². The zero-order valence-corrected chi connectivity index (χ0v) is 9.03. The molecule has 0 bridgehead atoms. The number of hydrogen-bond donors (Lipinski definition) is 0. The van der Waals surface area contributed by atoms with Crippen LogP contribution in [-0.4, -0.2) is 5.78 Å². The van der Waals surface area contributed by atoms with Crippen molar-refractivity contribution in [2.45, 2.75) is 47.0 Å². The van der Waals surface area contributed by atoms with E-state index in [1.165, 1.54) is 24.0 Å². The molecule has 0 aromatic heterocycles. The lowest BCUT2D eigenvalue weighted by molar-refractivity contribution is -0.113. The molecule has 0 aliphatic heterocycles.